The first-order valence-corrected chi connectivity index (χ1v) is 7.34. The highest BCUT2D eigenvalue weighted by atomic mass is 32.1. The summed E-state index contributed by atoms with van der Waals surface area (Å²) >= 11 is 4.92. The van der Waals surface area contributed by atoms with E-state index in [4.69, 9.17) is 22.7 Å². The summed E-state index contributed by atoms with van der Waals surface area (Å²) in [5.41, 5.74) is 7.29. The van der Waals surface area contributed by atoms with E-state index in [2.05, 4.69) is 11.9 Å². The van der Waals surface area contributed by atoms with E-state index in [9.17, 15) is 5.11 Å². The molecule has 0 bridgehead atoms. The molecule has 2 rings (SSSR count). The Kier molecular flexibility index (Phi) is 5.48. The van der Waals surface area contributed by atoms with Crippen LogP contribution in [0.15, 0.2) is 24.3 Å². The molecule has 110 valence electrons. The first-order chi connectivity index (χ1) is 9.58. The third kappa shape index (κ3) is 3.99. The van der Waals surface area contributed by atoms with Crippen LogP contribution in [-0.4, -0.2) is 47.8 Å². The second-order valence-electron chi connectivity index (χ2n) is 5.29. The third-order valence-corrected chi connectivity index (χ3v) is 4.09. The van der Waals surface area contributed by atoms with E-state index < -0.39 is 6.10 Å². The van der Waals surface area contributed by atoms with Crippen molar-refractivity contribution in [3.05, 3.63) is 35.4 Å². The average Bonchev–Trinajstić information content (AvgIpc) is 2.48. The fraction of sp³-hybridized carbons (Fsp3) is 0.533. The molecule has 0 amide bonds. The van der Waals surface area contributed by atoms with E-state index in [0.29, 0.717) is 17.6 Å². The van der Waals surface area contributed by atoms with Gasteiger partial charge in [-0.05, 0) is 25.5 Å². The van der Waals surface area contributed by atoms with Crippen molar-refractivity contribution in [3.8, 4) is 0 Å². The van der Waals surface area contributed by atoms with Gasteiger partial charge in [-0.25, -0.2) is 0 Å². The van der Waals surface area contributed by atoms with Gasteiger partial charge in [0.25, 0.3) is 0 Å². The lowest BCUT2D eigenvalue weighted by molar-refractivity contribution is 0.0253. The largest absolute Gasteiger partial charge is 0.389 e. The predicted octanol–water partition coefficient (Wildman–Crippen LogP) is 1.47. The zero-order valence-corrected chi connectivity index (χ0v) is 12.6. The molecule has 1 aliphatic heterocycles. The molecule has 4 nitrogen and oxygen atoms in total. The first-order valence-electron chi connectivity index (χ1n) is 6.93. The van der Waals surface area contributed by atoms with E-state index >= 15 is 0 Å². The van der Waals surface area contributed by atoms with Gasteiger partial charge in [0.05, 0.1) is 6.10 Å². The maximum Gasteiger partial charge on any atom is 0.103 e. The van der Waals surface area contributed by atoms with Crippen molar-refractivity contribution in [1.29, 1.82) is 0 Å². The second kappa shape index (κ2) is 7.13. The Bertz CT molecular complexity index is 444. The molecule has 1 saturated heterocycles. The Morgan fingerprint density at radius 1 is 1.40 bits per heavy atom. The maximum atomic E-state index is 10.3. The molecule has 0 radical (unpaired) electrons. The van der Waals surface area contributed by atoms with E-state index in [-0.39, 0.29) is 0 Å². The van der Waals surface area contributed by atoms with Gasteiger partial charge in [0.1, 0.15) is 4.99 Å². The van der Waals surface area contributed by atoms with Crippen molar-refractivity contribution >= 4 is 17.2 Å². The Balaban J connectivity index is 1.93. The molecule has 1 aromatic rings. The van der Waals surface area contributed by atoms with Crippen LogP contribution in [0.1, 0.15) is 30.1 Å². The number of ether oxygens (including phenoxy) is 1. The lowest BCUT2D eigenvalue weighted by atomic mass is 10.0. The number of hydrogen-bond donors (Lipinski definition) is 2. The minimum atomic E-state index is -0.497. The Hall–Kier alpha value is -1.01. The van der Waals surface area contributed by atoms with Gasteiger partial charge in [0.2, 0.25) is 0 Å². The summed E-state index contributed by atoms with van der Waals surface area (Å²) in [5.74, 6) is 0. The summed E-state index contributed by atoms with van der Waals surface area (Å²) in [5, 5.41) is 10.3. The number of hydrogen-bond acceptors (Lipinski definition) is 4. The predicted molar refractivity (Wildman–Crippen MR) is 83.8 cm³/mol. The van der Waals surface area contributed by atoms with E-state index in [1.807, 2.05) is 24.3 Å². The number of thiocarbonyl (C=S) groups is 1. The lowest BCUT2D eigenvalue weighted by Gasteiger charge is -2.32. The SMILES string of the molecule is CN(CC(O)c1ccc(C(N)=S)cc1)C1CCOCC1. The van der Waals surface area contributed by atoms with E-state index in [1.54, 1.807) is 0 Å². The Labute approximate surface area is 125 Å². The number of benzene rings is 1. The van der Waals surface area contributed by atoms with Gasteiger partial charge in [-0.1, -0.05) is 36.5 Å². The fourth-order valence-corrected chi connectivity index (χ4v) is 2.66. The molecule has 1 aromatic carbocycles. The Morgan fingerprint density at radius 3 is 2.55 bits per heavy atom. The van der Waals surface area contributed by atoms with Gasteiger partial charge >= 0.3 is 0 Å². The van der Waals surface area contributed by atoms with Crippen molar-refractivity contribution in [3.63, 3.8) is 0 Å². The number of nitrogens with zero attached hydrogens (tertiary/aromatic N) is 1. The molecule has 1 unspecified atom stereocenters. The monoisotopic (exact) mass is 294 g/mol. The molecule has 3 N–H and O–H groups in total. The van der Waals surface area contributed by atoms with Gasteiger partial charge in [-0.3, -0.25) is 0 Å². The smallest absolute Gasteiger partial charge is 0.103 e. The molecule has 5 heteroatoms. The van der Waals surface area contributed by atoms with Gasteiger partial charge in [0, 0.05) is 31.4 Å². The maximum absolute atomic E-state index is 10.3. The number of rotatable bonds is 5. The van der Waals surface area contributed by atoms with Crippen LogP contribution in [0.3, 0.4) is 0 Å². The quantitative estimate of drug-likeness (QED) is 0.805. The average molecular weight is 294 g/mol. The first kappa shape index (κ1) is 15.4. The Morgan fingerprint density at radius 2 is 2.00 bits per heavy atom. The van der Waals surface area contributed by atoms with Crippen LogP contribution >= 0.6 is 12.2 Å². The molecule has 1 fully saturated rings. The molecule has 1 heterocycles. The molecular weight excluding hydrogens is 272 g/mol. The standard InChI is InChI=1S/C15H22N2O2S/c1-17(13-6-8-19-9-7-13)10-14(18)11-2-4-12(5-3-11)15(16)20/h2-5,13-14,18H,6-10H2,1H3,(H2,16,20). The lowest BCUT2D eigenvalue weighted by Crippen LogP contribution is -2.38. The van der Waals surface area contributed by atoms with Crippen molar-refractivity contribution in [2.24, 2.45) is 5.73 Å². The normalized spacial score (nSPS) is 18.1. The van der Waals surface area contributed by atoms with Gasteiger partial charge in [0.15, 0.2) is 0 Å². The van der Waals surface area contributed by atoms with Crippen molar-refractivity contribution < 1.29 is 9.84 Å². The summed E-state index contributed by atoms with van der Waals surface area (Å²) in [4.78, 5) is 2.60. The number of likely N-dealkylation sites (N-methyl/N-ethyl adjacent to an activating group) is 1. The highest BCUT2D eigenvalue weighted by molar-refractivity contribution is 7.80. The van der Waals surface area contributed by atoms with Crippen LogP contribution in [0.25, 0.3) is 0 Å². The highest BCUT2D eigenvalue weighted by Crippen LogP contribution is 2.19. The highest BCUT2D eigenvalue weighted by Gasteiger charge is 2.21. The van der Waals surface area contributed by atoms with E-state index in [1.165, 1.54) is 0 Å². The zero-order valence-electron chi connectivity index (χ0n) is 11.8. The molecule has 0 spiro atoms. The molecule has 0 aromatic heterocycles. The van der Waals surface area contributed by atoms with E-state index in [0.717, 1.165) is 37.2 Å². The fourth-order valence-electron chi connectivity index (χ4n) is 2.52. The topological polar surface area (TPSA) is 58.7 Å². The summed E-state index contributed by atoms with van der Waals surface area (Å²) in [6, 6.07) is 7.98. The summed E-state index contributed by atoms with van der Waals surface area (Å²) in [6.45, 7) is 2.25. The summed E-state index contributed by atoms with van der Waals surface area (Å²) < 4.78 is 5.36. The van der Waals surface area contributed by atoms with Crippen LogP contribution in [0.5, 0.6) is 0 Å². The van der Waals surface area contributed by atoms with Crippen molar-refractivity contribution in [1.82, 2.24) is 4.90 Å². The molecule has 20 heavy (non-hydrogen) atoms. The van der Waals surface area contributed by atoms with Crippen LogP contribution in [0.4, 0.5) is 0 Å². The van der Waals surface area contributed by atoms with Crippen LogP contribution in [-0.2, 0) is 4.74 Å². The van der Waals surface area contributed by atoms with Gasteiger partial charge in [-0.2, -0.15) is 0 Å². The van der Waals surface area contributed by atoms with Crippen molar-refractivity contribution in [2.75, 3.05) is 26.8 Å². The van der Waals surface area contributed by atoms with Gasteiger partial charge in [-0.15, -0.1) is 0 Å². The third-order valence-electron chi connectivity index (χ3n) is 3.86. The number of aliphatic hydroxyl groups excluding tert-OH is 1. The van der Waals surface area contributed by atoms with Crippen molar-refractivity contribution in [2.45, 2.75) is 25.0 Å². The minimum Gasteiger partial charge on any atom is -0.389 e. The molecule has 0 saturated carbocycles. The molecule has 1 atom stereocenters. The summed E-state index contributed by atoms with van der Waals surface area (Å²) in [6.07, 6.45) is 1.57. The number of aliphatic hydroxyl groups is 1. The number of nitrogens with two attached hydrogens (primary N) is 1. The molecule has 0 aliphatic carbocycles. The zero-order chi connectivity index (χ0) is 14.5. The van der Waals surface area contributed by atoms with Gasteiger partial charge < -0.3 is 20.5 Å². The second-order valence-corrected chi connectivity index (χ2v) is 5.73. The van der Waals surface area contributed by atoms with Crippen LogP contribution in [0.2, 0.25) is 0 Å². The van der Waals surface area contributed by atoms with Crippen LogP contribution < -0.4 is 5.73 Å². The minimum absolute atomic E-state index is 0.380. The van der Waals surface area contributed by atoms with Crippen LogP contribution in [0, 0.1) is 0 Å². The molecule has 1 aliphatic rings. The molecular formula is C15H22N2O2S. The summed E-state index contributed by atoms with van der Waals surface area (Å²) in [7, 11) is 2.06.